The molecular formula is C25H26N2O5. The van der Waals surface area contributed by atoms with Crippen molar-refractivity contribution in [3.05, 3.63) is 84.1 Å². The third-order valence-electron chi connectivity index (χ3n) is 4.70. The van der Waals surface area contributed by atoms with Crippen molar-refractivity contribution in [1.29, 1.82) is 0 Å². The lowest BCUT2D eigenvalue weighted by Gasteiger charge is -2.14. The van der Waals surface area contributed by atoms with E-state index in [9.17, 15) is 4.79 Å². The zero-order chi connectivity index (χ0) is 22.9. The van der Waals surface area contributed by atoms with Crippen molar-refractivity contribution in [3.8, 4) is 28.9 Å². The zero-order valence-corrected chi connectivity index (χ0v) is 18.4. The summed E-state index contributed by atoms with van der Waals surface area (Å²) in [6, 6.07) is 14.3. The fourth-order valence-corrected chi connectivity index (χ4v) is 3.13. The molecule has 3 rings (SSSR count). The van der Waals surface area contributed by atoms with Crippen LogP contribution in [0.15, 0.2) is 67.4 Å². The van der Waals surface area contributed by atoms with Gasteiger partial charge in [-0.3, -0.25) is 4.79 Å². The highest BCUT2D eigenvalue weighted by molar-refractivity contribution is 5.95. The summed E-state index contributed by atoms with van der Waals surface area (Å²) in [5.74, 6) is 2.64. The van der Waals surface area contributed by atoms with Crippen LogP contribution >= 0.6 is 0 Å². The topological polar surface area (TPSA) is 78.9 Å². The van der Waals surface area contributed by atoms with Crippen molar-refractivity contribution in [2.24, 2.45) is 0 Å². The van der Waals surface area contributed by atoms with Gasteiger partial charge in [0.25, 0.3) is 5.91 Å². The summed E-state index contributed by atoms with van der Waals surface area (Å²) in [7, 11) is 4.71. The molecule has 0 saturated heterocycles. The molecule has 1 aromatic heterocycles. The Hall–Kier alpha value is -4.00. The minimum absolute atomic E-state index is 0.229. The van der Waals surface area contributed by atoms with Gasteiger partial charge in [-0.2, -0.15) is 0 Å². The molecule has 7 nitrogen and oxygen atoms in total. The molecule has 0 saturated carbocycles. The van der Waals surface area contributed by atoms with Crippen LogP contribution in [0.1, 0.15) is 21.5 Å². The molecule has 166 valence electrons. The molecule has 7 heteroatoms. The van der Waals surface area contributed by atoms with Gasteiger partial charge in [-0.1, -0.05) is 18.2 Å². The van der Waals surface area contributed by atoms with Gasteiger partial charge in [0.2, 0.25) is 5.88 Å². The van der Waals surface area contributed by atoms with Crippen LogP contribution in [0.4, 0.5) is 0 Å². The van der Waals surface area contributed by atoms with Crippen LogP contribution in [0.2, 0.25) is 0 Å². The minimum atomic E-state index is -0.229. The Labute approximate surface area is 187 Å². The van der Waals surface area contributed by atoms with Crippen LogP contribution in [0.5, 0.6) is 28.9 Å². The maximum atomic E-state index is 12.7. The van der Waals surface area contributed by atoms with Gasteiger partial charge in [-0.15, -0.1) is 6.58 Å². The Bertz CT molecular complexity index is 1080. The largest absolute Gasteiger partial charge is 0.497 e. The minimum Gasteiger partial charge on any atom is -0.497 e. The van der Waals surface area contributed by atoms with E-state index < -0.39 is 0 Å². The molecule has 3 aromatic rings. The van der Waals surface area contributed by atoms with E-state index in [1.807, 2.05) is 24.3 Å². The number of nitrogens with one attached hydrogen (secondary N) is 1. The van der Waals surface area contributed by atoms with E-state index in [0.29, 0.717) is 47.4 Å². The van der Waals surface area contributed by atoms with E-state index in [1.54, 1.807) is 50.8 Å². The molecule has 1 N–H and O–H groups in total. The molecule has 0 radical (unpaired) electrons. The highest BCUT2D eigenvalue weighted by atomic mass is 16.5. The smallest absolute Gasteiger partial charge is 0.251 e. The van der Waals surface area contributed by atoms with Crippen LogP contribution in [0.3, 0.4) is 0 Å². The van der Waals surface area contributed by atoms with Gasteiger partial charge in [-0.25, -0.2) is 4.98 Å². The molecule has 0 fully saturated rings. The van der Waals surface area contributed by atoms with Gasteiger partial charge in [0, 0.05) is 36.0 Å². The fraction of sp³-hybridized carbons (Fsp3) is 0.200. The monoisotopic (exact) mass is 434 g/mol. The van der Waals surface area contributed by atoms with E-state index in [1.165, 1.54) is 7.11 Å². The number of hydrogen-bond donors (Lipinski definition) is 1. The number of pyridine rings is 1. The third kappa shape index (κ3) is 5.57. The molecular weight excluding hydrogens is 408 g/mol. The number of aromatic nitrogens is 1. The summed E-state index contributed by atoms with van der Waals surface area (Å²) < 4.78 is 21.7. The molecule has 0 spiro atoms. The van der Waals surface area contributed by atoms with Crippen LogP contribution in [0, 0.1) is 0 Å². The maximum Gasteiger partial charge on any atom is 0.251 e. The van der Waals surface area contributed by atoms with E-state index in [2.05, 4.69) is 16.9 Å². The lowest BCUT2D eigenvalue weighted by atomic mass is 10.0. The van der Waals surface area contributed by atoms with Gasteiger partial charge < -0.3 is 24.3 Å². The predicted octanol–water partition coefficient (Wildman–Crippen LogP) is 4.56. The molecule has 1 heterocycles. The Morgan fingerprint density at radius 2 is 1.84 bits per heavy atom. The molecule has 0 bridgehead atoms. The second kappa shape index (κ2) is 10.9. The summed E-state index contributed by atoms with van der Waals surface area (Å²) in [5.41, 5.74) is 2.14. The molecule has 2 aromatic carbocycles. The van der Waals surface area contributed by atoms with Crippen LogP contribution in [-0.2, 0) is 13.0 Å². The molecule has 0 aliphatic heterocycles. The zero-order valence-electron chi connectivity index (χ0n) is 18.4. The summed E-state index contributed by atoms with van der Waals surface area (Å²) in [4.78, 5) is 17.0. The lowest BCUT2D eigenvalue weighted by Crippen LogP contribution is -2.23. The average molecular weight is 434 g/mol. The van der Waals surface area contributed by atoms with E-state index in [0.717, 1.165) is 11.1 Å². The van der Waals surface area contributed by atoms with Crippen molar-refractivity contribution in [2.45, 2.75) is 13.0 Å². The number of methoxy groups -OCH3 is 3. The van der Waals surface area contributed by atoms with E-state index in [-0.39, 0.29) is 5.91 Å². The standard InChI is InChI=1S/C25H26N2O5/c1-5-7-18-12-19(13-22(30-3)24(18)31-4)25(28)27-16-17-10-11-23(26-15-17)32-21-9-6-8-20(14-21)29-2/h5-6,8-15H,1,7,16H2,2-4H3,(H,27,28). The van der Waals surface area contributed by atoms with Gasteiger partial charge in [0.15, 0.2) is 11.5 Å². The number of carbonyl (C=O) groups is 1. The fourth-order valence-electron chi connectivity index (χ4n) is 3.13. The van der Waals surface area contributed by atoms with Gasteiger partial charge in [-0.05, 0) is 36.2 Å². The summed E-state index contributed by atoms with van der Waals surface area (Å²) >= 11 is 0. The number of allylic oxidation sites excluding steroid dienone is 1. The van der Waals surface area contributed by atoms with E-state index >= 15 is 0 Å². The average Bonchev–Trinajstić information content (AvgIpc) is 2.83. The third-order valence-corrected chi connectivity index (χ3v) is 4.70. The van der Waals surface area contributed by atoms with Crippen LogP contribution < -0.4 is 24.3 Å². The molecule has 32 heavy (non-hydrogen) atoms. The van der Waals surface area contributed by atoms with Crippen LogP contribution in [0.25, 0.3) is 0 Å². The number of carbonyl (C=O) groups excluding carboxylic acids is 1. The second-order valence-corrected chi connectivity index (χ2v) is 6.83. The SMILES string of the molecule is C=CCc1cc(C(=O)NCc2ccc(Oc3cccc(OC)c3)nc2)cc(OC)c1OC. The van der Waals surface area contributed by atoms with Crippen molar-refractivity contribution >= 4 is 5.91 Å². The second-order valence-electron chi connectivity index (χ2n) is 6.83. The summed E-state index contributed by atoms with van der Waals surface area (Å²) in [6.07, 6.45) is 3.96. The van der Waals surface area contributed by atoms with Crippen molar-refractivity contribution in [1.82, 2.24) is 10.3 Å². The van der Waals surface area contributed by atoms with Gasteiger partial charge >= 0.3 is 0 Å². The first kappa shape index (κ1) is 22.7. The lowest BCUT2D eigenvalue weighted by molar-refractivity contribution is 0.0950. The van der Waals surface area contributed by atoms with Crippen molar-refractivity contribution < 1.29 is 23.7 Å². The Morgan fingerprint density at radius 3 is 2.50 bits per heavy atom. The number of hydrogen-bond acceptors (Lipinski definition) is 6. The van der Waals surface area contributed by atoms with Crippen LogP contribution in [-0.4, -0.2) is 32.2 Å². The normalized spacial score (nSPS) is 10.2. The van der Waals surface area contributed by atoms with Gasteiger partial charge in [0.1, 0.15) is 11.5 Å². The van der Waals surface area contributed by atoms with Crippen molar-refractivity contribution in [2.75, 3.05) is 21.3 Å². The Kier molecular flexibility index (Phi) is 7.70. The highest BCUT2D eigenvalue weighted by Gasteiger charge is 2.15. The highest BCUT2D eigenvalue weighted by Crippen LogP contribution is 2.33. The predicted molar refractivity (Wildman–Crippen MR) is 122 cm³/mol. The number of amides is 1. The number of ether oxygens (including phenoxy) is 4. The number of rotatable bonds is 10. The Balaban J connectivity index is 1.65. The number of nitrogens with zero attached hydrogens (tertiary/aromatic N) is 1. The number of benzene rings is 2. The molecule has 0 unspecified atom stereocenters. The molecule has 0 aliphatic rings. The van der Waals surface area contributed by atoms with Gasteiger partial charge in [0.05, 0.1) is 21.3 Å². The first-order valence-electron chi connectivity index (χ1n) is 9.98. The molecule has 0 atom stereocenters. The maximum absolute atomic E-state index is 12.7. The molecule has 1 amide bonds. The first-order valence-corrected chi connectivity index (χ1v) is 9.98. The summed E-state index contributed by atoms with van der Waals surface area (Å²) in [6.45, 7) is 4.07. The first-order chi connectivity index (χ1) is 15.6. The van der Waals surface area contributed by atoms with Crippen molar-refractivity contribution in [3.63, 3.8) is 0 Å². The molecule has 0 aliphatic carbocycles. The van der Waals surface area contributed by atoms with E-state index in [4.69, 9.17) is 18.9 Å². The summed E-state index contributed by atoms with van der Waals surface area (Å²) in [5, 5.41) is 2.90. The Morgan fingerprint density at radius 1 is 1.03 bits per heavy atom. The quantitative estimate of drug-likeness (QED) is 0.472.